The van der Waals surface area contributed by atoms with E-state index in [1.165, 1.54) is 0 Å². The molecule has 0 saturated heterocycles. The third kappa shape index (κ3) is 4.01. The summed E-state index contributed by atoms with van der Waals surface area (Å²) in [6, 6.07) is 0. The lowest BCUT2D eigenvalue weighted by molar-refractivity contribution is -0.507. The predicted molar refractivity (Wildman–Crippen MR) is 26.9 cm³/mol. The molecule has 0 heterocycles. The van der Waals surface area contributed by atoms with Crippen molar-refractivity contribution < 1.29 is 14.9 Å². The standard InChI is InChI=1S/C4H11NO3/c1-3-7-5(6)8-4-2/h6H,3-4H2,1-2H3. The Hall–Kier alpha value is -0.160. The normalized spacial score (nSPS) is 10.5. The van der Waals surface area contributed by atoms with Crippen LogP contribution in [0, 0.1) is 0 Å². The molecule has 0 spiro atoms. The van der Waals surface area contributed by atoms with E-state index in [1.807, 2.05) is 0 Å². The quantitative estimate of drug-likeness (QED) is 0.552. The van der Waals surface area contributed by atoms with E-state index in [0.29, 0.717) is 18.6 Å². The fraction of sp³-hybridized carbons (Fsp3) is 1.00. The summed E-state index contributed by atoms with van der Waals surface area (Å²) in [5, 5.41) is 8.80. The van der Waals surface area contributed by atoms with Crippen LogP contribution in [0.3, 0.4) is 0 Å². The van der Waals surface area contributed by atoms with Gasteiger partial charge in [0, 0.05) is 0 Å². The Balaban J connectivity index is 2.92. The molecule has 0 rings (SSSR count). The van der Waals surface area contributed by atoms with Gasteiger partial charge in [0.05, 0.1) is 18.6 Å². The zero-order valence-corrected chi connectivity index (χ0v) is 5.13. The predicted octanol–water partition coefficient (Wildman–Crippen LogP) is 0.581. The van der Waals surface area contributed by atoms with Gasteiger partial charge in [-0.15, -0.1) is 0 Å². The van der Waals surface area contributed by atoms with Crippen LogP contribution in [0.15, 0.2) is 0 Å². The van der Waals surface area contributed by atoms with Gasteiger partial charge < -0.3 is 0 Å². The molecule has 0 aromatic carbocycles. The van der Waals surface area contributed by atoms with Crippen molar-refractivity contribution in [3.8, 4) is 0 Å². The fourth-order valence-electron chi connectivity index (χ4n) is 0.258. The second-order valence-electron chi connectivity index (χ2n) is 1.07. The van der Waals surface area contributed by atoms with E-state index < -0.39 is 0 Å². The van der Waals surface area contributed by atoms with Crippen molar-refractivity contribution in [2.75, 3.05) is 13.2 Å². The summed E-state index contributed by atoms with van der Waals surface area (Å²) in [5.41, 5.74) is 0. The van der Waals surface area contributed by atoms with E-state index in [-0.39, 0.29) is 0 Å². The van der Waals surface area contributed by atoms with E-state index in [2.05, 4.69) is 9.68 Å². The summed E-state index contributed by atoms with van der Waals surface area (Å²) < 4.78 is 0. The van der Waals surface area contributed by atoms with Crippen LogP contribution in [0.1, 0.15) is 13.8 Å². The van der Waals surface area contributed by atoms with E-state index >= 15 is 0 Å². The molecular formula is C4H11NO3. The Bertz CT molecular complexity index is 44.5. The highest BCUT2D eigenvalue weighted by Crippen LogP contribution is 1.83. The number of hydrogen-bond acceptors (Lipinski definition) is 4. The largest absolute Gasteiger partial charge is 0.266 e. The van der Waals surface area contributed by atoms with Gasteiger partial charge in [0.2, 0.25) is 0 Å². The molecular weight excluding hydrogens is 110 g/mol. The highest BCUT2D eigenvalue weighted by molar-refractivity contribution is 3.99. The molecule has 0 saturated carbocycles. The van der Waals surface area contributed by atoms with Crippen LogP contribution in [0.5, 0.6) is 0 Å². The van der Waals surface area contributed by atoms with Gasteiger partial charge in [-0.05, 0) is 13.8 Å². The van der Waals surface area contributed by atoms with Gasteiger partial charge in [0.25, 0.3) is 0 Å². The first-order valence-corrected chi connectivity index (χ1v) is 2.56. The lowest BCUT2D eigenvalue weighted by atomic mass is 10.9. The van der Waals surface area contributed by atoms with Gasteiger partial charge in [-0.1, -0.05) is 0 Å². The molecule has 0 atom stereocenters. The third-order valence-corrected chi connectivity index (χ3v) is 0.479. The summed E-state index contributed by atoms with van der Waals surface area (Å²) in [6.45, 7) is 4.30. The maximum Gasteiger partial charge on any atom is 0.0739 e. The second kappa shape index (κ2) is 4.99. The van der Waals surface area contributed by atoms with Crippen molar-refractivity contribution in [3.05, 3.63) is 0 Å². The van der Waals surface area contributed by atoms with Crippen LogP contribution < -0.4 is 0 Å². The Kier molecular flexibility index (Phi) is 4.89. The second-order valence-corrected chi connectivity index (χ2v) is 1.07. The first-order chi connectivity index (χ1) is 3.81. The zero-order chi connectivity index (χ0) is 6.41. The van der Waals surface area contributed by atoms with Gasteiger partial charge in [0.1, 0.15) is 0 Å². The average Bonchev–Trinajstić information content (AvgIpc) is 1.68. The SMILES string of the molecule is CCON(O)OCC. The third-order valence-electron chi connectivity index (χ3n) is 0.479. The van der Waals surface area contributed by atoms with Gasteiger partial charge >= 0.3 is 0 Å². The molecule has 0 aliphatic rings. The van der Waals surface area contributed by atoms with Gasteiger partial charge in [0.15, 0.2) is 0 Å². The van der Waals surface area contributed by atoms with Crippen LogP contribution in [0.4, 0.5) is 0 Å². The van der Waals surface area contributed by atoms with Crippen molar-refractivity contribution in [1.29, 1.82) is 0 Å². The molecule has 0 aromatic rings. The summed E-state index contributed by atoms with van der Waals surface area (Å²) in [7, 11) is 0. The summed E-state index contributed by atoms with van der Waals surface area (Å²) in [5.74, 6) is 0. The fourth-order valence-corrected chi connectivity index (χ4v) is 0.258. The maximum absolute atomic E-state index is 8.44. The smallest absolute Gasteiger partial charge is 0.0739 e. The molecule has 0 unspecified atom stereocenters. The first kappa shape index (κ1) is 7.84. The number of rotatable bonds is 4. The van der Waals surface area contributed by atoms with Crippen LogP contribution >= 0.6 is 0 Å². The van der Waals surface area contributed by atoms with Gasteiger partial charge in [-0.3, -0.25) is 14.9 Å². The molecule has 1 N–H and O–H groups in total. The van der Waals surface area contributed by atoms with Crippen molar-refractivity contribution in [2.45, 2.75) is 13.8 Å². The maximum atomic E-state index is 8.44. The van der Waals surface area contributed by atoms with E-state index in [9.17, 15) is 0 Å². The molecule has 0 aromatic heterocycles. The minimum Gasteiger partial charge on any atom is -0.266 e. The highest BCUT2D eigenvalue weighted by atomic mass is 17.1. The summed E-state index contributed by atoms with van der Waals surface area (Å²) >= 11 is 0. The zero-order valence-electron chi connectivity index (χ0n) is 5.13. The molecule has 0 aliphatic carbocycles. The molecule has 0 aliphatic heterocycles. The van der Waals surface area contributed by atoms with Crippen molar-refractivity contribution >= 4 is 0 Å². The number of nitrogens with zero attached hydrogens (tertiary/aromatic N) is 1. The molecule has 8 heavy (non-hydrogen) atoms. The molecule has 0 radical (unpaired) electrons. The summed E-state index contributed by atoms with van der Waals surface area (Å²) in [6.07, 6.45) is 0. The Morgan fingerprint density at radius 2 is 1.62 bits per heavy atom. The lowest BCUT2D eigenvalue weighted by Crippen LogP contribution is -2.19. The average molecular weight is 121 g/mol. The van der Waals surface area contributed by atoms with Crippen molar-refractivity contribution in [3.63, 3.8) is 0 Å². The number of hydrogen-bond donors (Lipinski definition) is 1. The minimum atomic E-state index is 0.361. The topological polar surface area (TPSA) is 41.9 Å². The van der Waals surface area contributed by atoms with Crippen LogP contribution in [0.25, 0.3) is 0 Å². The van der Waals surface area contributed by atoms with Gasteiger partial charge in [-0.25, -0.2) is 0 Å². The van der Waals surface area contributed by atoms with Crippen LogP contribution in [-0.4, -0.2) is 23.8 Å². The molecule has 0 bridgehead atoms. The van der Waals surface area contributed by atoms with Crippen molar-refractivity contribution in [2.24, 2.45) is 0 Å². The van der Waals surface area contributed by atoms with Crippen molar-refractivity contribution in [1.82, 2.24) is 5.39 Å². The Labute approximate surface area is 48.5 Å². The monoisotopic (exact) mass is 121 g/mol. The Morgan fingerprint density at radius 3 is 1.88 bits per heavy atom. The highest BCUT2D eigenvalue weighted by Gasteiger charge is 1.93. The van der Waals surface area contributed by atoms with E-state index in [1.54, 1.807) is 13.8 Å². The summed E-state index contributed by atoms with van der Waals surface area (Å²) in [4.78, 5) is 8.90. The van der Waals surface area contributed by atoms with Gasteiger partial charge in [-0.2, -0.15) is 0 Å². The molecule has 0 amide bonds. The van der Waals surface area contributed by atoms with E-state index in [0.717, 1.165) is 0 Å². The Morgan fingerprint density at radius 1 is 1.25 bits per heavy atom. The molecule has 4 heteroatoms. The minimum absolute atomic E-state index is 0.361. The molecule has 50 valence electrons. The lowest BCUT2D eigenvalue weighted by Gasteiger charge is -2.09. The molecule has 4 nitrogen and oxygen atoms in total. The van der Waals surface area contributed by atoms with Crippen LogP contribution in [0.2, 0.25) is 0 Å². The molecule has 0 fully saturated rings. The first-order valence-electron chi connectivity index (χ1n) is 2.56. The van der Waals surface area contributed by atoms with E-state index in [4.69, 9.17) is 5.21 Å². The van der Waals surface area contributed by atoms with Crippen LogP contribution in [-0.2, 0) is 9.68 Å².